The summed E-state index contributed by atoms with van der Waals surface area (Å²) >= 11 is 7.86. The highest BCUT2D eigenvalue weighted by Crippen LogP contribution is 2.34. The predicted octanol–water partition coefficient (Wildman–Crippen LogP) is 5.50. The number of rotatable bonds is 4. The minimum Gasteiger partial charge on any atom is -0.291 e. The molecule has 2 aromatic heterocycles. The van der Waals surface area contributed by atoms with Gasteiger partial charge >= 0.3 is 0 Å². The van der Waals surface area contributed by atoms with Gasteiger partial charge in [0, 0.05) is 16.3 Å². The Morgan fingerprint density at radius 1 is 1.10 bits per heavy atom. The van der Waals surface area contributed by atoms with Crippen LogP contribution in [-0.4, -0.2) is 9.55 Å². The summed E-state index contributed by atoms with van der Waals surface area (Å²) in [5.41, 5.74) is 3.73. The topological polar surface area (TPSA) is 58.7 Å². The number of hydrogen-bond donors (Lipinski definition) is 0. The zero-order valence-corrected chi connectivity index (χ0v) is 18.5. The van der Waals surface area contributed by atoms with E-state index < -0.39 is 0 Å². The van der Waals surface area contributed by atoms with E-state index in [4.69, 9.17) is 16.6 Å². The van der Waals surface area contributed by atoms with Crippen LogP contribution in [0.15, 0.2) is 53.3 Å². The average molecular weight is 446 g/mol. The Bertz CT molecular complexity index is 1400. The molecule has 0 atom stereocenters. The van der Waals surface area contributed by atoms with Crippen LogP contribution < -0.4 is 5.56 Å². The van der Waals surface area contributed by atoms with E-state index in [1.54, 1.807) is 22.0 Å². The Kier molecular flexibility index (Phi) is 5.35. The Morgan fingerprint density at radius 2 is 1.90 bits per heavy atom. The van der Waals surface area contributed by atoms with E-state index in [0.29, 0.717) is 23.6 Å². The van der Waals surface area contributed by atoms with Crippen molar-refractivity contribution in [2.24, 2.45) is 0 Å². The summed E-state index contributed by atoms with van der Waals surface area (Å²) in [4.78, 5) is 20.9. The van der Waals surface area contributed by atoms with Crippen LogP contribution in [0.1, 0.15) is 45.8 Å². The largest absolute Gasteiger partial charge is 0.291 e. The highest BCUT2D eigenvalue weighted by atomic mass is 35.5. The summed E-state index contributed by atoms with van der Waals surface area (Å²) in [7, 11) is 0. The molecule has 4 aromatic rings. The molecule has 0 aliphatic heterocycles. The number of aryl methyl sites for hydroxylation is 2. The summed E-state index contributed by atoms with van der Waals surface area (Å²) in [6.45, 7) is 0.387. The SMILES string of the molecule is N#Cc1cccc(Cn2c(Cc3cccc(Cl)c3)nc3sc4c(c3c2=O)CCCC4)c1. The van der Waals surface area contributed by atoms with Crippen molar-refractivity contribution in [3.8, 4) is 6.07 Å². The molecule has 2 heterocycles. The second kappa shape index (κ2) is 8.30. The van der Waals surface area contributed by atoms with Gasteiger partial charge < -0.3 is 0 Å². The van der Waals surface area contributed by atoms with Crippen LogP contribution in [0, 0.1) is 11.3 Å². The van der Waals surface area contributed by atoms with Crippen molar-refractivity contribution in [3.05, 3.63) is 96.9 Å². The Balaban J connectivity index is 1.68. The van der Waals surface area contributed by atoms with E-state index in [1.165, 1.54) is 16.9 Å². The van der Waals surface area contributed by atoms with E-state index in [2.05, 4.69) is 6.07 Å². The molecule has 31 heavy (non-hydrogen) atoms. The van der Waals surface area contributed by atoms with E-state index in [1.807, 2.05) is 42.5 Å². The quantitative estimate of drug-likeness (QED) is 0.416. The van der Waals surface area contributed by atoms with Crippen molar-refractivity contribution >= 4 is 33.2 Å². The van der Waals surface area contributed by atoms with Crippen LogP contribution in [0.5, 0.6) is 0 Å². The third kappa shape index (κ3) is 3.89. The fourth-order valence-corrected chi connectivity index (χ4v) is 5.81. The zero-order valence-electron chi connectivity index (χ0n) is 16.9. The third-order valence-corrected chi connectivity index (χ3v) is 7.22. The fraction of sp³-hybridized carbons (Fsp3) is 0.240. The molecule has 154 valence electrons. The number of nitriles is 1. The normalized spacial score (nSPS) is 13.2. The highest BCUT2D eigenvalue weighted by molar-refractivity contribution is 7.18. The second-order valence-electron chi connectivity index (χ2n) is 7.93. The lowest BCUT2D eigenvalue weighted by molar-refractivity contribution is 0.685. The summed E-state index contributed by atoms with van der Waals surface area (Å²) in [6.07, 6.45) is 4.79. The lowest BCUT2D eigenvalue weighted by Gasteiger charge is -2.14. The van der Waals surface area contributed by atoms with Crippen molar-refractivity contribution in [2.45, 2.75) is 38.6 Å². The van der Waals surface area contributed by atoms with Gasteiger partial charge in [-0.25, -0.2) is 4.98 Å². The van der Waals surface area contributed by atoms with Crippen molar-refractivity contribution in [1.29, 1.82) is 5.26 Å². The lowest BCUT2D eigenvalue weighted by Crippen LogP contribution is -2.26. The van der Waals surface area contributed by atoms with Crippen molar-refractivity contribution in [3.63, 3.8) is 0 Å². The second-order valence-corrected chi connectivity index (χ2v) is 9.45. The molecule has 6 heteroatoms. The molecule has 2 aromatic carbocycles. The van der Waals surface area contributed by atoms with Gasteiger partial charge in [0.05, 0.1) is 23.6 Å². The number of nitrogens with zero attached hydrogens (tertiary/aromatic N) is 3. The van der Waals surface area contributed by atoms with Gasteiger partial charge in [0.2, 0.25) is 0 Å². The monoisotopic (exact) mass is 445 g/mol. The van der Waals surface area contributed by atoms with E-state index in [9.17, 15) is 10.1 Å². The van der Waals surface area contributed by atoms with Gasteiger partial charge in [-0.3, -0.25) is 9.36 Å². The third-order valence-electron chi connectivity index (χ3n) is 5.80. The molecule has 0 N–H and O–H groups in total. The molecule has 4 nitrogen and oxygen atoms in total. The standard InChI is InChI=1S/C25H20ClN3OS/c26-19-8-4-5-16(12-19)13-22-28-24-23(20-9-1-2-10-21(20)31-24)25(30)29(22)15-18-7-3-6-17(11-18)14-27/h3-8,11-12H,1-2,9-10,13,15H2. The minimum atomic E-state index is 0.0174. The van der Waals surface area contributed by atoms with Gasteiger partial charge in [0.25, 0.3) is 5.56 Å². The molecule has 0 fully saturated rings. The number of fused-ring (bicyclic) bond motifs is 3. The first-order valence-corrected chi connectivity index (χ1v) is 11.6. The Hall–Kier alpha value is -2.94. The van der Waals surface area contributed by atoms with Gasteiger partial charge in [-0.15, -0.1) is 11.3 Å². The van der Waals surface area contributed by atoms with Crippen molar-refractivity contribution in [2.75, 3.05) is 0 Å². The summed E-state index contributed by atoms with van der Waals surface area (Å²) in [5.74, 6) is 0.723. The molecular formula is C25H20ClN3OS. The number of thiophene rings is 1. The predicted molar refractivity (Wildman–Crippen MR) is 125 cm³/mol. The average Bonchev–Trinajstić information content (AvgIpc) is 3.15. The van der Waals surface area contributed by atoms with Gasteiger partial charge in [-0.2, -0.15) is 5.26 Å². The molecule has 5 rings (SSSR count). The van der Waals surface area contributed by atoms with Gasteiger partial charge in [0.1, 0.15) is 10.7 Å². The maximum Gasteiger partial charge on any atom is 0.262 e. The molecule has 1 aliphatic carbocycles. The number of benzene rings is 2. The molecule has 0 radical (unpaired) electrons. The van der Waals surface area contributed by atoms with Crippen LogP contribution in [0.4, 0.5) is 0 Å². The van der Waals surface area contributed by atoms with Gasteiger partial charge in [-0.05, 0) is 66.6 Å². The fourth-order valence-electron chi connectivity index (χ4n) is 4.33. The molecule has 0 saturated carbocycles. The van der Waals surface area contributed by atoms with E-state index >= 15 is 0 Å². The molecule has 0 amide bonds. The van der Waals surface area contributed by atoms with Crippen LogP contribution in [0.2, 0.25) is 5.02 Å². The number of halogens is 1. The minimum absolute atomic E-state index is 0.0174. The molecule has 0 unspecified atom stereocenters. The summed E-state index contributed by atoms with van der Waals surface area (Å²) in [6, 6.07) is 17.3. The van der Waals surface area contributed by atoms with Crippen LogP contribution in [-0.2, 0) is 25.8 Å². The Labute approximate surface area is 189 Å². The number of aromatic nitrogens is 2. The van der Waals surface area contributed by atoms with Gasteiger partial charge in [0.15, 0.2) is 0 Å². The molecule has 1 aliphatic rings. The number of hydrogen-bond acceptors (Lipinski definition) is 4. The van der Waals surface area contributed by atoms with E-state index in [0.717, 1.165) is 46.4 Å². The zero-order chi connectivity index (χ0) is 21.4. The highest BCUT2D eigenvalue weighted by Gasteiger charge is 2.22. The first-order chi connectivity index (χ1) is 15.1. The smallest absolute Gasteiger partial charge is 0.262 e. The maximum absolute atomic E-state index is 13.7. The Morgan fingerprint density at radius 3 is 2.74 bits per heavy atom. The van der Waals surface area contributed by atoms with Crippen LogP contribution in [0.25, 0.3) is 10.2 Å². The molecule has 0 saturated heterocycles. The van der Waals surface area contributed by atoms with Gasteiger partial charge in [-0.1, -0.05) is 35.9 Å². The first kappa shape index (κ1) is 20.0. The van der Waals surface area contributed by atoms with Crippen molar-refractivity contribution in [1.82, 2.24) is 9.55 Å². The molecule has 0 spiro atoms. The first-order valence-electron chi connectivity index (χ1n) is 10.4. The van der Waals surface area contributed by atoms with E-state index in [-0.39, 0.29) is 5.56 Å². The molecule has 0 bridgehead atoms. The summed E-state index contributed by atoms with van der Waals surface area (Å²) in [5, 5.41) is 10.7. The van der Waals surface area contributed by atoms with Crippen LogP contribution >= 0.6 is 22.9 Å². The van der Waals surface area contributed by atoms with Crippen molar-refractivity contribution < 1.29 is 0 Å². The molecular weight excluding hydrogens is 426 g/mol. The lowest BCUT2D eigenvalue weighted by atomic mass is 9.97. The summed E-state index contributed by atoms with van der Waals surface area (Å²) < 4.78 is 1.78. The maximum atomic E-state index is 13.7. The van der Waals surface area contributed by atoms with Crippen LogP contribution in [0.3, 0.4) is 0 Å².